The molecule has 0 N–H and O–H groups in total. The van der Waals surface area contributed by atoms with Gasteiger partial charge in [0.2, 0.25) is 0 Å². The predicted molar refractivity (Wildman–Crippen MR) is 153 cm³/mol. The maximum atomic E-state index is 13.1. The van der Waals surface area contributed by atoms with E-state index < -0.39 is 10.8 Å². The number of anilines is 1. The van der Waals surface area contributed by atoms with Gasteiger partial charge in [-0.2, -0.15) is 10.4 Å². The highest BCUT2D eigenvalue weighted by Gasteiger charge is 2.29. The summed E-state index contributed by atoms with van der Waals surface area (Å²) >= 11 is 0. The molecule has 1 unspecified atom stereocenters. The molecule has 4 heterocycles. The number of Topliss-reactive ketones (excluding diaryl/α,β-unsaturated/α-hetero) is 1. The molecule has 1 aliphatic heterocycles. The van der Waals surface area contributed by atoms with Crippen LogP contribution in [0, 0.1) is 17.2 Å². The van der Waals surface area contributed by atoms with Crippen molar-refractivity contribution in [3.8, 4) is 22.9 Å². The fraction of sp³-hybridized carbons (Fsp3) is 0.367. The number of rotatable bonds is 7. The van der Waals surface area contributed by atoms with Crippen LogP contribution in [0.25, 0.3) is 27.8 Å². The summed E-state index contributed by atoms with van der Waals surface area (Å²) in [4.78, 5) is 25.0. The highest BCUT2D eigenvalue weighted by Crippen LogP contribution is 2.43. The number of para-hydroxylation sites is 1. The lowest BCUT2D eigenvalue weighted by Crippen LogP contribution is -2.33. The Morgan fingerprint density at radius 1 is 1.10 bits per heavy atom. The molecule has 1 atom stereocenters. The zero-order valence-corrected chi connectivity index (χ0v) is 22.7. The van der Waals surface area contributed by atoms with Crippen molar-refractivity contribution < 1.29 is 9.00 Å². The summed E-state index contributed by atoms with van der Waals surface area (Å²) < 4.78 is 13.8. The maximum absolute atomic E-state index is 13.1. The molecule has 3 aromatic heterocycles. The summed E-state index contributed by atoms with van der Waals surface area (Å²) in [6.45, 7) is 1.62. The largest absolute Gasteiger partial charge is 0.357 e. The number of benzene rings is 1. The Hall–Kier alpha value is -3.90. The van der Waals surface area contributed by atoms with E-state index in [0.717, 1.165) is 72.5 Å². The van der Waals surface area contributed by atoms with Crippen molar-refractivity contribution in [2.24, 2.45) is 5.92 Å². The first-order valence-corrected chi connectivity index (χ1v) is 15.2. The molecule has 0 bridgehead atoms. The fourth-order valence-corrected chi connectivity index (χ4v) is 5.98. The van der Waals surface area contributed by atoms with Crippen LogP contribution in [0.3, 0.4) is 0 Å². The fourth-order valence-electron chi connectivity index (χ4n) is 5.46. The van der Waals surface area contributed by atoms with Gasteiger partial charge in [0.25, 0.3) is 0 Å². The van der Waals surface area contributed by atoms with Gasteiger partial charge in [-0.25, -0.2) is 14.6 Å². The Morgan fingerprint density at radius 2 is 1.87 bits per heavy atom. The zero-order valence-electron chi connectivity index (χ0n) is 21.9. The molecule has 39 heavy (non-hydrogen) atoms. The summed E-state index contributed by atoms with van der Waals surface area (Å²) in [6.07, 6.45) is 8.40. The minimum atomic E-state index is -1.28. The normalized spacial score (nSPS) is 17.1. The highest BCUT2D eigenvalue weighted by atomic mass is 32.2. The second kappa shape index (κ2) is 10.7. The van der Waals surface area contributed by atoms with Crippen molar-refractivity contribution in [2.75, 3.05) is 30.0 Å². The Bertz CT molecular complexity index is 1580. The molecule has 8 nitrogen and oxygen atoms in total. The van der Waals surface area contributed by atoms with E-state index in [1.807, 2.05) is 59.4 Å². The van der Waals surface area contributed by atoms with Crippen LogP contribution in [-0.4, -0.2) is 54.8 Å². The average Bonchev–Trinajstić information content (AvgIpc) is 3.31. The number of pyridine rings is 2. The molecule has 198 valence electrons. The van der Waals surface area contributed by atoms with Crippen LogP contribution >= 0.6 is 0 Å². The number of nitrogens with zero attached hydrogens (tertiary/aromatic N) is 6. The van der Waals surface area contributed by atoms with Gasteiger partial charge in [-0.1, -0.05) is 24.6 Å². The summed E-state index contributed by atoms with van der Waals surface area (Å²) in [6, 6.07) is 18.1. The second-order valence-electron chi connectivity index (χ2n) is 10.5. The van der Waals surface area contributed by atoms with Crippen LogP contribution < -0.4 is 4.90 Å². The van der Waals surface area contributed by atoms with Crippen molar-refractivity contribution in [3.63, 3.8) is 0 Å². The lowest BCUT2D eigenvalue weighted by atomic mass is 9.81. The van der Waals surface area contributed by atoms with E-state index in [1.165, 1.54) is 12.7 Å². The van der Waals surface area contributed by atoms with E-state index in [4.69, 9.17) is 15.1 Å². The minimum Gasteiger partial charge on any atom is -0.357 e. The number of nitriles is 1. The third kappa shape index (κ3) is 4.97. The molecule has 0 spiro atoms. The number of hydrogen-bond donors (Lipinski definition) is 0. The van der Waals surface area contributed by atoms with Gasteiger partial charge < -0.3 is 4.90 Å². The van der Waals surface area contributed by atoms with E-state index in [2.05, 4.69) is 11.0 Å². The van der Waals surface area contributed by atoms with Gasteiger partial charge in [-0.15, -0.1) is 0 Å². The molecule has 4 aromatic rings. The van der Waals surface area contributed by atoms with Crippen LogP contribution in [0.2, 0.25) is 0 Å². The summed E-state index contributed by atoms with van der Waals surface area (Å²) in [5.74, 6) is 1.01. The van der Waals surface area contributed by atoms with Gasteiger partial charge in [-0.3, -0.25) is 9.00 Å². The van der Waals surface area contributed by atoms with Crippen molar-refractivity contribution in [3.05, 3.63) is 66.1 Å². The monoisotopic (exact) mass is 538 g/mol. The third-order valence-corrected chi connectivity index (χ3v) is 8.51. The third-order valence-electron chi connectivity index (χ3n) is 7.84. The van der Waals surface area contributed by atoms with Gasteiger partial charge in [-0.05, 0) is 61.6 Å². The van der Waals surface area contributed by atoms with Crippen molar-refractivity contribution in [1.29, 1.82) is 5.26 Å². The van der Waals surface area contributed by atoms with Crippen LogP contribution in [0.5, 0.6) is 0 Å². The summed E-state index contributed by atoms with van der Waals surface area (Å²) in [5.41, 5.74) is 4.56. The molecule has 1 aliphatic carbocycles. The molecule has 1 saturated carbocycles. The molecule has 0 radical (unpaired) electrons. The van der Waals surface area contributed by atoms with Crippen molar-refractivity contribution in [2.45, 2.75) is 38.0 Å². The maximum Gasteiger partial charge on any atom is 0.193 e. The highest BCUT2D eigenvalue weighted by molar-refractivity contribution is 7.85. The van der Waals surface area contributed by atoms with E-state index in [0.29, 0.717) is 11.6 Å². The molecule has 1 saturated heterocycles. The number of carbonyl (C=O) groups excluding carboxylic acids is 1. The Labute approximate surface area is 230 Å². The molecular weight excluding hydrogens is 508 g/mol. The van der Waals surface area contributed by atoms with Crippen LogP contribution in [0.4, 0.5) is 5.82 Å². The van der Waals surface area contributed by atoms with Gasteiger partial charge >= 0.3 is 0 Å². The van der Waals surface area contributed by atoms with E-state index >= 15 is 0 Å². The number of fused-ring (bicyclic) bond motifs is 1. The van der Waals surface area contributed by atoms with Crippen molar-refractivity contribution >= 4 is 33.4 Å². The SMILES string of the molecule is CS(=O)CC(=O)c1cc(-c2ccc(N3CCC(C#N)CC3)nc2)c2c(C3CCC3)nn(-c3ccccc3)c2n1. The lowest BCUT2D eigenvalue weighted by molar-refractivity contribution is 0.101. The van der Waals surface area contributed by atoms with Crippen LogP contribution in [-0.2, 0) is 10.8 Å². The number of hydrogen-bond acceptors (Lipinski definition) is 7. The molecule has 0 amide bonds. The molecule has 2 fully saturated rings. The predicted octanol–water partition coefficient (Wildman–Crippen LogP) is 5.05. The van der Waals surface area contributed by atoms with Crippen LogP contribution in [0.1, 0.15) is 54.2 Å². The van der Waals surface area contributed by atoms with Gasteiger partial charge in [0.15, 0.2) is 11.4 Å². The smallest absolute Gasteiger partial charge is 0.193 e. The first kappa shape index (κ1) is 25.4. The summed E-state index contributed by atoms with van der Waals surface area (Å²) in [5, 5.41) is 15.2. The molecule has 1 aromatic carbocycles. The van der Waals surface area contributed by atoms with Gasteiger partial charge in [0, 0.05) is 53.7 Å². The topological polar surface area (TPSA) is 105 Å². The first-order chi connectivity index (χ1) is 19.0. The van der Waals surface area contributed by atoms with E-state index in [1.54, 1.807) is 0 Å². The van der Waals surface area contributed by atoms with E-state index in [-0.39, 0.29) is 23.1 Å². The Balaban J connectivity index is 1.49. The van der Waals surface area contributed by atoms with Gasteiger partial charge in [0.1, 0.15) is 11.5 Å². The number of carbonyl (C=O) groups is 1. The quantitative estimate of drug-likeness (QED) is 0.303. The molecule has 9 heteroatoms. The second-order valence-corrected chi connectivity index (χ2v) is 11.9. The standard InChI is InChI=1S/C30H30N6O2S/c1-39(38)19-26(37)25-16-24(22-10-11-27(32-18-22)35-14-12-20(17-31)13-15-35)28-29(21-6-5-7-21)34-36(30(28)33-25)23-8-3-2-4-9-23/h2-4,8-11,16,18,20-21H,5-7,12-15,19H2,1H3. The molecular formula is C30H30N6O2S. The van der Waals surface area contributed by atoms with E-state index in [9.17, 15) is 14.3 Å². The summed E-state index contributed by atoms with van der Waals surface area (Å²) in [7, 11) is -1.28. The van der Waals surface area contributed by atoms with Crippen LogP contribution in [0.15, 0.2) is 54.7 Å². The molecule has 2 aliphatic rings. The molecule has 6 rings (SSSR count). The Kier molecular flexibility index (Phi) is 6.96. The lowest BCUT2D eigenvalue weighted by Gasteiger charge is -2.30. The minimum absolute atomic E-state index is 0.0806. The van der Waals surface area contributed by atoms with Crippen molar-refractivity contribution in [1.82, 2.24) is 19.7 Å². The van der Waals surface area contributed by atoms with Gasteiger partial charge in [0.05, 0.1) is 28.6 Å². The number of ketones is 1. The Morgan fingerprint density at radius 3 is 2.49 bits per heavy atom. The zero-order chi connectivity index (χ0) is 26.9. The number of piperidine rings is 1. The first-order valence-electron chi connectivity index (χ1n) is 13.4. The average molecular weight is 539 g/mol. The number of aromatic nitrogens is 4.